The number of halogens is 1. The Morgan fingerprint density at radius 2 is 1.82 bits per heavy atom. The number of rotatable bonds is 4. The average molecular weight is 459 g/mol. The number of carbonyl (C=O) groups is 1. The number of anilines is 2. The molecule has 1 saturated heterocycles. The van der Waals surface area contributed by atoms with Crippen molar-refractivity contribution in [3.63, 3.8) is 0 Å². The Kier molecular flexibility index (Phi) is 5.23. The Morgan fingerprint density at radius 3 is 2.59 bits per heavy atom. The molecule has 8 heteroatoms. The molecule has 0 saturated carbocycles. The van der Waals surface area contributed by atoms with Gasteiger partial charge in [0.2, 0.25) is 0 Å². The summed E-state index contributed by atoms with van der Waals surface area (Å²) >= 11 is 0. The Morgan fingerprint density at radius 1 is 1.03 bits per heavy atom. The van der Waals surface area contributed by atoms with E-state index < -0.39 is 5.82 Å². The molecule has 2 aromatic heterocycles. The molecular weight excluding hydrogens is 431 g/mol. The Labute approximate surface area is 197 Å². The number of amides is 2. The highest BCUT2D eigenvalue weighted by Crippen LogP contribution is 2.36. The van der Waals surface area contributed by atoms with Crippen molar-refractivity contribution in [3.05, 3.63) is 70.9 Å². The van der Waals surface area contributed by atoms with Crippen molar-refractivity contribution in [1.29, 1.82) is 0 Å². The van der Waals surface area contributed by atoms with Crippen LogP contribution in [0.5, 0.6) is 0 Å². The number of nitrogens with two attached hydrogens (primary N) is 1. The average Bonchev–Trinajstić information content (AvgIpc) is 3.30. The fraction of sp³-hybridized carbons (Fsp3) is 0.269. The van der Waals surface area contributed by atoms with Crippen LogP contribution in [0.15, 0.2) is 42.6 Å². The van der Waals surface area contributed by atoms with Crippen LogP contribution in [0.1, 0.15) is 22.5 Å². The molecule has 1 aliphatic rings. The molecule has 7 nitrogen and oxygen atoms in total. The largest absolute Gasteiger partial charge is 0.383 e. The van der Waals surface area contributed by atoms with Gasteiger partial charge in [-0.05, 0) is 50.1 Å². The smallest absolute Gasteiger partial charge is 0.324 e. The fourth-order valence-corrected chi connectivity index (χ4v) is 4.65. The number of hydrogen-bond donors (Lipinski definition) is 1. The number of nitrogens with zero attached hydrogens (tertiary/aromatic N) is 5. The lowest BCUT2D eigenvalue weighted by Crippen LogP contribution is -2.31. The van der Waals surface area contributed by atoms with Crippen molar-refractivity contribution in [1.82, 2.24) is 19.4 Å². The van der Waals surface area contributed by atoms with Gasteiger partial charge in [0.1, 0.15) is 23.1 Å². The maximum atomic E-state index is 15.4. The molecule has 4 aromatic rings. The van der Waals surface area contributed by atoms with Crippen molar-refractivity contribution in [2.24, 2.45) is 7.05 Å². The van der Waals surface area contributed by atoms with E-state index in [1.54, 1.807) is 35.1 Å². The van der Waals surface area contributed by atoms with Gasteiger partial charge in [0.15, 0.2) is 0 Å². The summed E-state index contributed by atoms with van der Waals surface area (Å²) in [6, 6.07) is 11.0. The SMILES string of the molecule is Cc1ccc(C)c(CN2CCN(c3ccc(-c4cn(C)c5nc(C)nc(N)c45)c(F)c3)C2=O)c1. The summed E-state index contributed by atoms with van der Waals surface area (Å²) < 4.78 is 17.2. The van der Waals surface area contributed by atoms with E-state index >= 15 is 4.39 Å². The van der Waals surface area contributed by atoms with Crippen molar-refractivity contribution in [2.45, 2.75) is 27.3 Å². The van der Waals surface area contributed by atoms with Crippen LogP contribution >= 0.6 is 0 Å². The minimum atomic E-state index is -0.425. The minimum Gasteiger partial charge on any atom is -0.383 e. The molecule has 174 valence electrons. The topological polar surface area (TPSA) is 80.3 Å². The highest BCUT2D eigenvalue weighted by atomic mass is 19.1. The lowest BCUT2D eigenvalue weighted by molar-refractivity contribution is 0.218. The van der Waals surface area contributed by atoms with Crippen molar-refractivity contribution in [2.75, 3.05) is 23.7 Å². The van der Waals surface area contributed by atoms with E-state index in [4.69, 9.17) is 5.73 Å². The lowest BCUT2D eigenvalue weighted by Gasteiger charge is -2.20. The molecule has 2 amide bonds. The molecule has 3 heterocycles. The van der Waals surface area contributed by atoms with Gasteiger partial charge in [0, 0.05) is 49.7 Å². The zero-order chi connectivity index (χ0) is 24.1. The first-order chi connectivity index (χ1) is 16.2. The van der Waals surface area contributed by atoms with Gasteiger partial charge in [-0.3, -0.25) is 4.90 Å². The summed E-state index contributed by atoms with van der Waals surface area (Å²) in [5, 5.41) is 0.622. The normalized spacial score (nSPS) is 14.0. The van der Waals surface area contributed by atoms with Crippen LogP contribution < -0.4 is 10.6 Å². The highest BCUT2D eigenvalue weighted by molar-refractivity contribution is 6.01. The van der Waals surface area contributed by atoms with Crippen LogP contribution in [-0.2, 0) is 13.6 Å². The molecule has 0 unspecified atom stereocenters. The van der Waals surface area contributed by atoms with Gasteiger partial charge in [-0.2, -0.15) is 0 Å². The van der Waals surface area contributed by atoms with Crippen LogP contribution in [0.25, 0.3) is 22.2 Å². The van der Waals surface area contributed by atoms with Crippen LogP contribution in [0.3, 0.4) is 0 Å². The van der Waals surface area contributed by atoms with Gasteiger partial charge < -0.3 is 15.2 Å². The van der Waals surface area contributed by atoms with E-state index in [-0.39, 0.29) is 6.03 Å². The number of carbonyl (C=O) groups excluding carboxylic acids is 1. The molecule has 5 rings (SSSR count). The molecular formula is C26H27FN6O. The maximum Gasteiger partial charge on any atom is 0.324 e. The summed E-state index contributed by atoms with van der Waals surface area (Å²) in [7, 11) is 1.84. The van der Waals surface area contributed by atoms with E-state index in [9.17, 15) is 4.79 Å². The Balaban J connectivity index is 1.43. The zero-order valence-corrected chi connectivity index (χ0v) is 19.8. The van der Waals surface area contributed by atoms with Gasteiger partial charge >= 0.3 is 6.03 Å². The maximum absolute atomic E-state index is 15.4. The number of fused-ring (bicyclic) bond motifs is 1. The summed E-state index contributed by atoms with van der Waals surface area (Å²) in [6.07, 6.45) is 1.81. The molecule has 1 aliphatic heterocycles. The molecule has 1 fully saturated rings. The third-order valence-corrected chi connectivity index (χ3v) is 6.47. The van der Waals surface area contributed by atoms with E-state index in [1.807, 2.05) is 25.5 Å². The Hall–Kier alpha value is -3.94. The van der Waals surface area contributed by atoms with Crippen LogP contribution in [0.2, 0.25) is 0 Å². The first kappa shape index (κ1) is 21.9. The molecule has 34 heavy (non-hydrogen) atoms. The fourth-order valence-electron chi connectivity index (χ4n) is 4.65. The molecule has 0 bridgehead atoms. The van der Waals surface area contributed by atoms with Gasteiger partial charge in [0.25, 0.3) is 0 Å². The highest BCUT2D eigenvalue weighted by Gasteiger charge is 2.30. The summed E-state index contributed by atoms with van der Waals surface area (Å²) in [6.45, 7) is 7.51. The summed E-state index contributed by atoms with van der Waals surface area (Å²) in [5.74, 6) is 0.454. The second-order valence-electron chi connectivity index (χ2n) is 8.96. The van der Waals surface area contributed by atoms with Gasteiger partial charge in [-0.15, -0.1) is 0 Å². The number of benzene rings is 2. The van der Waals surface area contributed by atoms with E-state index in [0.29, 0.717) is 59.1 Å². The van der Waals surface area contributed by atoms with E-state index in [0.717, 1.165) is 16.7 Å². The van der Waals surface area contributed by atoms with Gasteiger partial charge in [0.05, 0.1) is 5.39 Å². The molecule has 2 N–H and O–H groups in total. The molecule has 0 spiro atoms. The predicted octanol–water partition coefficient (Wildman–Crippen LogP) is 4.72. The Bertz CT molecular complexity index is 1440. The number of aromatic nitrogens is 3. The second kappa shape index (κ2) is 8.13. The van der Waals surface area contributed by atoms with Crippen molar-refractivity contribution < 1.29 is 9.18 Å². The van der Waals surface area contributed by atoms with Crippen LogP contribution in [-0.4, -0.2) is 38.6 Å². The van der Waals surface area contributed by atoms with Crippen LogP contribution in [0.4, 0.5) is 20.7 Å². The molecule has 0 atom stereocenters. The number of aryl methyl sites for hydroxylation is 4. The lowest BCUT2D eigenvalue weighted by atomic mass is 10.0. The minimum absolute atomic E-state index is 0.119. The third-order valence-electron chi connectivity index (χ3n) is 6.47. The van der Waals surface area contributed by atoms with Gasteiger partial charge in [-0.25, -0.2) is 19.2 Å². The standard InChI is InChI=1S/C26H27FN6O/c1-15-5-6-16(2)18(11-15)13-32-9-10-33(26(32)34)19-7-8-20(22(27)12-19)21-14-31(4)25-23(21)24(28)29-17(3)30-25/h5-8,11-12,14H,9-10,13H2,1-4H3,(H2,28,29,30). The number of hydrogen-bond acceptors (Lipinski definition) is 4. The van der Waals surface area contributed by atoms with Crippen molar-refractivity contribution >= 4 is 28.6 Å². The number of nitrogen functional groups attached to an aromatic ring is 1. The number of urea groups is 1. The first-order valence-electron chi connectivity index (χ1n) is 11.2. The summed E-state index contributed by atoms with van der Waals surface area (Å²) in [4.78, 5) is 25.2. The molecule has 0 radical (unpaired) electrons. The third kappa shape index (κ3) is 3.65. The van der Waals surface area contributed by atoms with E-state index in [2.05, 4.69) is 28.2 Å². The van der Waals surface area contributed by atoms with Crippen LogP contribution in [0, 0.1) is 26.6 Å². The van der Waals surface area contributed by atoms with Crippen molar-refractivity contribution in [3.8, 4) is 11.1 Å². The zero-order valence-electron chi connectivity index (χ0n) is 19.8. The summed E-state index contributed by atoms with van der Waals surface area (Å²) in [5.41, 5.74) is 11.8. The quantitative estimate of drug-likeness (QED) is 0.480. The molecule has 0 aliphatic carbocycles. The first-order valence-corrected chi connectivity index (χ1v) is 11.2. The van der Waals surface area contributed by atoms with Gasteiger partial charge in [-0.1, -0.05) is 23.8 Å². The predicted molar refractivity (Wildman–Crippen MR) is 132 cm³/mol. The molecule has 2 aromatic carbocycles. The monoisotopic (exact) mass is 458 g/mol. The second-order valence-corrected chi connectivity index (χ2v) is 8.96. The van der Waals surface area contributed by atoms with E-state index in [1.165, 1.54) is 6.07 Å².